The van der Waals surface area contributed by atoms with Crippen LogP contribution in [0.2, 0.25) is 12.6 Å². The SMILES string of the molecule is C=CCCCC[Si](C)(OC)OCC. The molecule has 0 N–H and O–H groups in total. The van der Waals surface area contributed by atoms with Crippen molar-refractivity contribution >= 4 is 8.56 Å². The molecular formula is C10H22O2Si. The Kier molecular flexibility index (Phi) is 7.23. The van der Waals surface area contributed by atoms with Crippen LogP contribution in [0.15, 0.2) is 12.7 Å². The van der Waals surface area contributed by atoms with Crippen LogP contribution in [0.3, 0.4) is 0 Å². The Morgan fingerprint density at radius 2 is 2.08 bits per heavy atom. The van der Waals surface area contributed by atoms with Crippen molar-refractivity contribution in [3.63, 3.8) is 0 Å². The van der Waals surface area contributed by atoms with Crippen molar-refractivity contribution in [1.29, 1.82) is 0 Å². The van der Waals surface area contributed by atoms with E-state index in [9.17, 15) is 0 Å². The number of allylic oxidation sites excluding steroid dienone is 1. The maximum Gasteiger partial charge on any atom is 0.334 e. The maximum absolute atomic E-state index is 5.65. The Morgan fingerprint density at radius 3 is 2.54 bits per heavy atom. The Morgan fingerprint density at radius 1 is 1.38 bits per heavy atom. The van der Waals surface area contributed by atoms with Crippen molar-refractivity contribution in [2.45, 2.75) is 38.8 Å². The van der Waals surface area contributed by atoms with E-state index >= 15 is 0 Å². The molecule has 3 heteroatoms. The van der Waals surface area contributed by atoms with Crippen molar-refractivity contribution in [2.75, 3.05) is 13.7 Å². The molecule has 0 radical (unpaired) electrons. The van der Waals surface area contributed by atoms with Crippen LogP contribution >= 0.6 is 0 Å². The third-order valence-corrected chi connectivity index (χ3v) is 5.20. The van der Waals surface area contributed by atoms with Crippen LogP contribution in [0.4, 0.5) is 0 Å². The van der Waals surface area contributed by atoms with E-state index in [1.54, 1.807) is 7.11 Å². The van der Waals surface area contributed by atoms with Gasteiger partial charge in [0.15, 0.2) is 0 Å². The molecule has 0 saturated carbocycles. The fraction of sp³-hybridized carbons (Fsp3) is 0.800. The highest BCUT2D eigenvalue weighted by molar-refractivity contribution is 6.65. The van der Waals surface area contributed by atoms with Gasteiger partial charge < -0.3 is 8.85 Å². The molecular weight excluding hydrogens is 180 g/mol. The van der Waals surface area contributed by atoms with Gasteiger partial charge in [0.05, 0.1) is 0 Å². The van der Waals surface area contributed by atoms with Crippen LogP contribution in [-0.2, 0) is 8.85 Å². The van der Waals surface area contributed by atoms with Gasteiger partial charge in [-0.15, -0.1) is 6.58 Å². The van der Waals surface area contributed by atoms with Crippen LogP contribution in [0, 0.1) is 0 Å². The Balaban J connectivity index is 3.62. The molecule has 13 heavy (non-hydrogen) atoms. The lowest BCUT2D eigenvalue weighted by Gasteiger charge is -2.24. The van der Waals surface area contributed by atoms with Gasteiger partial charge in [0.2, 0.25) is 0 Å². The predicted octanol–water partition coefficient (Wildman–Crippen LogP) is 3.10. The van der Waals surface area contributed by atoms with Gasteiger partial charge in [0, 0.05) is 13.7 Å². The van der Waals surface area contributed by atoms with Gasteiger partial charge in [-0.05, 0) is 32.4 Å². The van der Waals surface area contributed by atoms with Crippen molar-refractivity contribution in [3.05, 3.63) is 12.7 Å². The second kappa shape index (κ2) is 7.30. The molecule has 0 spiro atoms. The summed E-state index contributed by atoms with van der Waals surface area (Å²) in [5.41, 5.74) is 0. The monoisotopic (exact) mass is 202 g/mol. The molecule has 2 nitrogen and oxygen atoms in total. The zero-order valence-electron chi connectivity index (χ0n) is 9.14. The molecule has 0 aliphatic rings. The molecule has 0 aromatic heterocycles. The zero-order chi connectivity index (χ0) is 10.2. The normalized spacial score (nSPS) is 15.3. The number of hydrogen-bond acceptors (Lipinski definition) is 2. The van der Waals surface area contributed by atoms with E-state index in [0.29, 0.717) is 0 Å². The number of hydrogen-bond donors (Lipinski definition) is 0. The van der Waals surface area contributed by atoms with Crippen molar-refractivity contribution in [3.8, 4) is 0 Å². The molecule has 0 aromatic carbocycles. The Hall–Kier alpha value is -0.123. The molecule has 1 atom stereocenters. The third kappa shape index (κ3) is 6.02. The molecule has 0 heterocycles. The van der Waals surface area contributed by atoms with E-state index in [-0.39, 0.29) is 0 Å². The van der Waals surface area contributed by atoms with Gasteiger partial charge in [0.25, 0.3) is 0 Å². The van der Waals surface area contributed by atoms with Gasteiger partial charge in [-0.25, -0.2) is 0 Å². The van der Waals surface area contributed by atoms with E-state index in [4.69, 9.17) is 8.85 Å². The minimum Gasteiger partial charge on any atom is -0.398 e. The Labute approximate surface area is 83.2 Å². The average Bonchev–Trinajstić information content (AvgIpc) is 2.13. The molecule has 0 aromatic rings. The van der Waals surface area contributed by atoms with E-state index in [1.807, 2.05) is 13.0 Å². The lowest BCUT2D eigenvalue weighted by atomic mass is 10.2. The summed E-state index contributed by atoms with van der Waals surface area (Å²) in [6.45, 7) is 8.61. The quantitative estimate of drug-likeness (QED) is 0.342. The summed E-state index contributed by atoms with van der Waals surface area (Å²) in [5, 5.41) is 0. The second-order valence-corrected chi connectivity index (χ2v) is 6.77. The second-order valence-electron chi connectivity index (χ2n) is 3.31. The summed E-state index contributed by atoms with van der Waals surface area (Å²) in [4.78, 5) is 0. The van der Waals surface area contributed by atoms with Crippen LogP contribution in [0.5, 0.6) is 0 Å². The van der Waals surface area contributed by atoms with Crippen molar-refractivity contribution in [2.24, 2.45) is 0 Å². The standard InChI is InChI=1S/C10H22O2Si/c1-5-7-8-9-10-13(4,11-3)12-6-2/h5H,1,6-10H2,2-4H3. The van der Waals surface area contributed by atoms with Gasteiger partial charge in [0.1, 0.15) is 0 Å². The van der Waals surface area contributed by atoms with Crippen LogP contribution in [0.25, 0.3) is 0 Å². The van der Waals surface area contributed by atoms with Gasteiger partial charge in [-0.3, -0.25) is 0 Å². The third-order valence-electron chi connectivity index (χ3n) is 2.17. The minimum absolute atomic E-state index is 0.762. The van der Waals surface area contributed by atoms with Gasteiger partial charge in [-0.2, -0.15) is 0 Å². The first-order valence-corrected chi connectivity index (χ1v) is 7.51. The molecule has 0 aliphatic carbocycles. The minimum atomic E-state index is -1.81. The van der Waals surface area contributed by atoms with Crippen molar-refractivity contribution < 1.29 is 8.85 Å². The summed E-state index contributed by atoms with van der Waals surface area (Å²) in [7, 11) is -0.0484. The van der Waals surface area contributed by atoms with Gasteiger partial charge in [-0.1, -0.05) is 12.5 Å². The van der Waals surface area contributed by atoms with Crippen LogP contribution in [-0.4, -0.2) is 22.3 Å². The number of rotatable bonds is 8. The maximum atomic E-state index is 5.65. The molecule has 0 saturated heterocycles. The highest BCUT2D eigenvalue weighted by Crippen LogP contribution is 2.16. The first kappa shape index (κ1) is 12.9. The fourth-order valence-electron chi connectivity index (χ4n) is 1.27. The smallest absolute Gasteiger partial charge is 0.334 e. The average molecular weight is 202 g/mol. The molecule has 1 unspecified atom stereocenters. The summed E-state index contributed by atoms with van der Waals surface area (Å²) >= 11 is 0. The molecule has 0 aliphatic heterocycles. The summed E-state index contributed by atoms with van der Waals surface area (Å²) in [6.07, 6.45) is 5.44. The number of unbranched alkanes of at least 4 members (excludes halogenated alkanes) is 2. The highest BCUT2D eigenvalue weighted by Gasteiger charge is 2.28. The zero-order valence-corrected chi connectivity index (χ0v) is 10.1. The summed E-state index contributed by atoms with van der Waals surface area (Å²) < 4.78 is 11.1. The van der Waals surface area contributed by atoms with E-state index in [0.717, 1.165) is 19.1 Å². The molecule has 0 rings (SSSR count). The van der Waals surface area contributed by atoms with Crippen LogP contribution < -0.4 is 0 Å². The summed E-state index contributed by atoms with van der Waals surface area (Å²) in [5.74, 6) is 0. The Bertz CT molecular complexity index is 139. The summed E-state index contributed by atoms with van der Waals surface area (Å²) in [6, 6.07) is 1.09. The molecule has 0 bridgehead atoms. The lowest BCUT2D eigenvalue weighted by molar-refractivity contribution is 0.214. The molecule has 0 fully saturated rings. The topological polar surface area (TPSA) is 18.5 Å². The largest absolute Gasteiger partial charge is 0.398 e. The first-order valence-electron chi connectivity index (χ1n) is 4.98. The van der Waals surface area contributed by atoms with E-state index in [1.165, 1.54) is 12.8 Å². The van der Waals surface area contributed by atoms with Gasteiger partial charge >= 0.3 is 8.56 Å². The first-order chi connectivity index (χ1) is 6.18. The highest BCUT2D eigenvalue weighted by atomic mass is 28.4. The van der Waals surface area contributed by atoms with E-state index < -0.39 is 8.56 Å². The van der Waals surface area contributed by atoms with Crippen LogP contribution in [0.1, 0.15) is 26.2 Å². The lowest BCUT2D eigenvalue weighted by Crippen LogP contribution is -2.37. The van der Waals surface area contributed by atoms with Crippen molar-refractivity contribution in [1.82, 2.24) is 0 Å². The van der Waals surface area contributed by atoms with E-state index in [2.05, 4.69) is 13.1 Å². The fourth-order valence-corrected chi connectivity index (χ4v) is 3.24. The molecule has 78 valence electrons. The molecule has 0 amide bonds. The predicted molar refractivity (Wildman–Crippen MR) is 59.1 cm³/mol.